The lowest BCUT2D eigenvalue weighted by Gasteiger charge is -2.16. The molecule has 0 aromatic heterocycles. The average molecular weight is 232 g/mol. The summed E-state index contributed by atoms with van der Waals surface area (Å²) in [6.07, 6.45) is 0.745. The van der Waals surface area contributed by atoms with E-state index in [2.05, 4.69) is 4.72 Å². The van der Waals surface area contributed by atoms with E-state index in [1.807, 2.05) is 0 Å². The summed E-state index contributed by atoms with van der Waals surface area (Å²) < 4.78 is 49.6. The van der Waals surface area contributed by atoms with Crippen molar-refractivity contribution < 1.29 is 17.5 Å². The van der Waals surface area contributed by atoms with E-state index in [9.17, 15) is 17.5 Å². The van der Waals surface area contributed by atoms with E-state index in [0.717, 1.165) is 12.1 Å². The molecule has 1 unspecified atom stereocenters. The zero-order chi connectivity index (χ0) is 11.0. The Labute approximate surface area is 87.9 Å². The highest BCUT2D eigenvalue weighted by molar-refractivity contribution is 7.77. The van der Waals surface area contributed by atoms with Crippen LogP contribution in [0.1, 0.15) is 23.6 Å². The highest BCUT2D eigenvalue weighted by atomic mass is 32.2. The van der Waals surface area contributed by atoms with E-state index in [-0.39, 0.29) is 11.1 Å². The zero-order valence-corrected chi connectivity index (χ0v) is 8.44. The molecule has 6 heteroatoms. The number of benzene rings is 1. The molecule has 1 aliphatic carbocycles. The molecule has 0 spiro atoms. The largest absolute Gasteiger partial charge is 0.760 e. The first-order chi connectivity index (χ1) is 7.09. The quantitative estimate of drug-likeness (QED) is 0.782. The van der Waals surface area contributed by atoms with Gasteiger partial charge in [-0.05, 0) is 30.5 Å². The second-order valence-electron chi connectivity index (χ2n) is 3.37. The molecule has 0 saturated heterocycles. The predicted molar refractivity (Wildman–Crippen MR) is 49.5 cm³/mol. The summed E-state index contributed by atoms with van der Waals surface area (Å²) in [5.41, 5.74) is 0.414. The van der Waals surface area contributed by atoms with Gasteiger partial charge in [-0.2, -0.15) is 0 Å². The minimum absolute atomic E-state index is 0.138. The molecule has 1 N–H and O–H groups in total. The van der Waals surface area contributed by atoms with Crippen LogP contribution in [-0.4, -0.2) is 8.76 Å². The number of hydrogen-bond donors (Lipinski definition) is 1. The van der Waals surface area contributed by atoms with Crippen molar-refractivity contribution in [2.45, 2.75) is 18.9 Å². The fourth-order valence-electron chi connectivity index (χ4n) is 1.91. The number of nitrogens with one attached hydrogen (secondary N) is 1. The Balaban J connectivity index is 2.41. The van der Waals surface area contributed by atoms with Crippen LogP contribution in [0.2, 0.25) is 0 Å². The van der Waals surface area contributed by atoms with Crippen LogP contribution in [0.15, 0.2) is 12.1 Å². The third-order valence-corrected chi connectivity index (χ3v) is 2.99. The summed E-state index contributed by atoms with van der Waals surface area (Å²) in [5.74, 6) is -1.04. The molecule has 1 aliphatic rings. The molecule has 3 nitrogen and oxygen atoms in total. The molecule has 1 aromatic carbocycles. The molecule has 1 aromatic rings. The van der Waals surface area contributed by atoms with Gasteiger partial charge in [-0.25, -0.2) is 13.5 Å². The van der Waals surface area contributed by atoms with Gasteiger partial charge in [-0.3, -0.25) is 4.21 Å². The molecule has 15 heavy (non-hydrogen) atoms. The summed E-state index contributed by atoms with van der Waals surface area (Å²) in [7, 11) is 0. The first-order valence-corrected chi connectivity index (χ1v) is 5.49. The van der Waals surface area contributed by atoms with Crippen molar-refractivity contribution in [1.29, 1.82) is 0 Å². The fraction of sp³-hybridized carbons (Fsp3) is 0.333. The van der Waals surface area contributed by atoms with Crippen LogP contribution in [0.3, 0.4) is 0 Å². The molecule has 2 rings (SSSR count). The summed E-state index contributed by atoms with van der Waals surface area (Å²) in [6.45, 7) is 0. The third-order valence-electron chi connectivity index (χ3n) is 2.52. The van der Waals surface area contributed by atoms with Crippen molar-refractivity contribution in [1.82, 2.24) is 4.72 Å². The third kappa shape index (κ3) is 1.92. The Kier molecular flexibility index (Phi) is 2.81. The van der Waals surface area contributed by atoms with Crippen molar-refractivity contribution >= 4 is 11.3 Å². The SMILES string of the molecule is O=S([O-])N[C@H]1CCc2c(F)ccc(F)c21. The Morgan fingerprint density at radius 1 is 1.40 bits per heavy atom. The average Bonchev–Trinajstić information content (AvgIpc) is 2.56. The summed E-state index contributed by atoms with van der Waals surface area (Å²) in [6, 6.07) is 1.43. The molecule has 82 valence electrons. The molecule has 0 radical (unpaired) electrons. The van der Waals surface area contributed by atoms with Gasteiger partial charge in [0.1, 0.15) is 11.6 Å². The molecular formula is C9H8F2NO2S-. The lowest BCUT2D eigenvalue weighted by atomic mass is 10.1. The van der Waals surface area contributed by atoms with E-state index >= 15 is 0 Å². The van der Waals surface area contributed by atoms with Gasteiger partial charge < -0.3 is 4.55 Å². The Morgan fingerprint density at radius 3 is 2.73 bits per heavy atom. The lowest BCUT2D eigenvalue weighted by molar-refractivity contribution is 0.498. The maximum Gasteiger partial charge on any atom is 0.128 e. The van der Waals surface area contributed by atoms with E-state index in [1.165, 1.54) is 0 Å². The van der Waals surface area contributed by atoms with E-state index in [4.69, 9.17) is 0 Å². The number of fused-ring (bicyclic) bond motifs is 1. The molecule has 0 heterocycles. The summed E-state index contributed by atoms with van der Waals surface area (Å²) in [5, 5.41) is 0. The maximum absolute atomic E-state index is 13.4. The normalized spacial score (nSPS) is 21.4. The maximum atomic E-state index is 13.4. The fourth-order valence-corrected chi connectivity index (χ4v) is 2.38. The van der Waals surface area contributed by atoms with E-state index in [1.54, 1.807) is 0 Å². The van der Waals surface area contributed by atoms with E-state index in [0.29, 0.717) is 12.8 Å². The standard InChI is InChI=1S/C9H9F2NO2S/c10-6-2-3-7(11)9-5(6)1-4-8(9)12-15(13)14/h2-3,8,12H,1,4H2,(H,13,14)/p-1/t8-/m0/s1. The first kappa shape index (κ1) is 10.7. The Hall–Kier alpha value is -0.850. The zero-order valence-electron chi connectivity index (χ0n) is 7.63. The van der Waals surface area contributed by atoms with Crippen LogP contribution in [0, 0.1) is 11.6 Å². The van der Waals surface area contributed by atoms with Crippen molar-refractivity contribution in [3.05, 3.63) is 34.9 Å². The highest BCUT2D eigenvalue weighted by Gasteiger charge is 2.28. The van der Waals surface area contributed by atoms with Crippen molar-refractivity contribution in [3.8, 4) is 0 Å². The Morgan fingerprint density at radius 2 is 2.07 bits per heavy atom. The first-order valence-electron chi connectivity index (χ1n) is 4.42. The molecule has 0 fully saturated rings. The van der Waals surface area contributed by atoms with Crippen molar-refractivity contribution in [3.63, 3.8) is 0 Å². The van der Waals surface area contributed by atoms with Crippen LogP contribution >= 0.6 is 0 Å². The monoisotopic (exact) mass is 232 g/mol. The van der Waals surface area contributed by atoms with Gasteiger partial charge in [0, 0.05) is 22.9 Å². The van der Waals surface area contributed by atoms with Crippen LogP contribution in [0.5, 0.6) is 0 Å². The van der Waals surface area contributed by atoms with Gasteiger partial charge >= 0.3 is 0 Å². The van der Waals surface area contributed by atoms with Crippen LogP contribution < -0.4 is 4.72 Å². The minimum atomic E-state index is -2.47. The molecule has 2 atom stereocenters. The van der Waals surface area contributed by atoms with Gasteiger partial charge in [0.2, 0.25) is 0 Å². The van der Waals surface area contributed by atoms with Crippen LogP contribution in [0.25, 0.3) is 0 Å². The van der Waals surface area contributed by atoms with Gasteiger partial charge in [-0.1, -0.05) is 0 Å². The number of rotatable bonds is 2. The van der Waals surface area contributed by atoms with Crippen molar-refractivity contribution in [2.24, 2.45) is 0 Å². The molecule has 0 aliphatic heterocycles. The Bertz CT molecular complexity index is 425. The van der Waals surface area contributed by atoms with E-state index < -0.39 is 28.9 Å². The van der Waals surface area contributed by atoms with Gasteiger partial charge in [0.15, 0.2) is 0 Å². The second-order valence-corrected chi connectivity index (χ2v) is 4.07. The van der Waals surface area contributed by atoms with Crippen molar-refractivity contribution in [2.75, 3.05) is 0 Å². The minimum Gasteiger partial charge on any atom is -0.760 e. The number of hydrogen-bond acceptors (Lipinski definition) is 2. The number of halogens is 2. The van der Waals surface area contributed by atoms with Crippen LogP contribution in [-0.2, 0) is 17.7 Å². The topological polar surface area (TPSA) is 52.2 Å². The predicted octanol–water partition coefficient (Wildman–Crippen LogP) is 1.34. The summed E-state index contributed by atoms with van der Waals surface area (Å²) in [4.78, 5) is 0. The highest BCUT2D eigenvalue weighted by Crippen LogP contribution is 2.34. The van der Waals surface area contributed by atoms with Crippen LogP contribution in [0.4, 0.5) is 8.78 Å². The van der Waals surface area contributed by atoms with Gasteiger partial charge in [0.05, 0.1) is 0 Å². The molecular weight excluding hydrogens is 224 g/mol. The smallest absolute Gasteiger partial charge is 0.128 e. The van der Waals surface area contributed by atoms with Gasteiger partial charge in [-0.15, -0.1) is 0 Å². The second kappa shape index (κ2) is 3.96. The molecule has 0 amide bonds. The lowest BCUT2D eigenvalue weighted by Crippen LogP contribution is -2.22. The molecule has 0 saturated carbocycles. The van der Waals surface area contributed by atoms with Gasteiger partial charge in [0.25, 0.3) is 0 Å². The molecule has 0 bridgehead atoms. The summed E-state index contributed by atoms with van der Waals surface area (Å²) >= 11 is -2.47.